The summed E-state index contributed by atoms with van der Waals surface area (Å²) in [6.07, 6.45) is 2.75. The minimum atomic E-state index is -3.65. The van der Waals surface area contributed by atoms with Crippen LogP contribution in [-0.2, 0) is 14.8 Å². The third-order valence-electron chi connectivity index (χ3n) is 3.65. The number of ether oxygens (including phenoxy) is 1. The highest BCUT2D eigenvalue weighted by atomic mass is 35.5. The fraction of sp³-hybridized carbons (Fsp3) is 0.533. The molecule has 0 aromatic heterocycles. The van der Waals surface area contributed by atoms with Gasteiger partial charge >= 0.3 is 0 Å². The number of rotatable bonds is 6. The molecule has 1 aromatic rings. The molecule has 0 radical (unpaired) electrons. The zero-order chi connectivity index (χ0) is 16.9. The van der Waals surface area contributed by atoms with Crippen LogP contribution >= 0.6 is 12.4 Å². The number of nitrogens with two attached hydrogens (primary N) is 1. The monoisotopic (exact) mass is 377 g/mol. The van der Waals surface area contributed by atoms with Crippen LogP contribution < -0.4 is 15.8 Å². The summed E-state index contributed by atoms with van der Waals surface area (Å²) in [6, 6.07) is 4.60. The van der Waals surface area contributed by atoms with E-state index in [-0.39, 0.29) is 29.8 Å². The van der Waals surface area contributed by atoms with E-state index in [0.717, 1.165) is 19.3 Å². The topological polar surface area (TPSA) is 102 Å². The summed E-state index contributed by atoms with van der Waals surface area (Å²) in [5, 5.41) is 2.57. The molecular formula is C15H24ClN3O4S. The van der Waals surface area contributed by atoms with Crippen molar-refractivity contribution in [2.24, 2.45) is 5.73 Å². The molecule has 0 saturated carbocycles. The first-order chi connectivity index (χ1) is 11.0. The van der Waals surface area contributed by atoms with Crippen molar-refractivity contribution < 1.29 is 17.9 Å². The first kappa shape index (κ1) is 20.7. The first-order valence-electron chi connectivity index (χ1n) is 7.76. The van der Waals surface area contributed by atoms with Gasteiger partial charge in [0.2, 0.25) is 15.9 Å². The van der Waals surface area contributed by atoms with Crippen LogP contribution in [0.1, 0.15) is 26.2 Å². The molecular weight excluding hydrogens is 354 g/mol. The molecule has 1 aliphatic rings. The smallest absolute Gasteiger partial charge is 0.246 e. The van der Waals surface area contributed by atoms with Crippen LogP contribution in [0.15, 0.2) is 23.1 Å². The van der Waals surface area contributed by atoms with Crippen LogP contribution in [0.5, 0.6) is 5.75 Å². The average molecular weight is 378 g/mol. The van der Waals surface area contributed by atoms with Crippen LogP contribution in [-0.4, -0.2) is 44.9 Å². The largest absolute Gasteiger partial charge is 0.492 e. The minimum absolute atomic E-state index is 0. The van der Waals surface area contributed by atoms with Crippen LogP contribution in [0.4, 0.5) is 5.69 Å². The minimum Gasteiger partial charge on any atom is -0.492 e. The Morgan fingerprint density at radius 3 is 2.54 bits per heavy atom. The number of halogens is 1. The molecule has 3 N–H and O–H groups in total. The molecule has 9 heteroatoms. The van der Waals surface area contributed by atoms with Crippen molar-refractivity contribution in [1.29, 1.82) is 0 Å². The maximum absolute atomic E-state index is 12.9. The third-order valence-corrected chi connectivity index (χ3v) is 5.57. The summed E-state index contributed by atoms with van der Waals surface area (Å²) in [7, 11) is -3.65. The number of nitrogens with zero attached hydrogens (tertiary/aromatic N) is 1. The van der Waals surface area contributed by atoms with Crippen molar-refractivity contribution in [3.8, 4) is 5.75 Å². The number of hydrogen-bond donors (Lipinski definition) is 2. The number of carbonyl (C=O) groups is 1. The fourth-order valence-electron chi connectivity index (χ4n) is 2.52. The molecule has 1 aromatic carbocycles. The van der Waals surface area contributed by atoms with E-state index in [1.807, 2.05) is 0 Å². The van der Waals surface area contributed by atoms with Crippen LogP contribution in [0.2, 0.25) is 0 Å². The lowest BCUT2D eigenvalue weighted by Crippen LogP contribution is -2.35. The Kier molecular flexibility index (Phi) is 7.95. The van der Waals surface area contributed by atoms with Gasteiger partial charge in [-0.2, -0.15) is 4.31 Å². The van der Waals surface area contributed by atoms with Gasteiger partial charge in [-0.15, -0.1) is 12.4 Å². The zero-order valence-corrected chi connectivity index (χ0v) is 15.3. The number of amides is 1. The standard InChI is InChI=1S/C15H23N3O4S.ClH/c1-2-22-13-7-6-12(17-15(19)11-16)10-14(13)23(20,21)18-8-4-3-5-9-18;/h6-7,10H,2-5,8-9,11,16H2,1H3,(H,17,19);1H. The van der Waals surface area contributed by atoms with Gasteiger partial charge in [0.25, 0.3) is 0 Å². The number of anilines is 1. The van der Waals surface area contributed by atoms with Crippen molar-refractivity contribution in [1.82, 2.24) is 4.31 Å². The Morgan fingerprint density at radius 2 is 1.96 bits per heavy atom. The van der Waals surface area contributed by atoms with E-state index in [9.17, 15) is 13.2 Å². The first-order valence-corrected chi connectivity index (χ1v) is 9.20. The van der Waals surface area contributed by atoms with Crippen LogP contribution in [0.25, 0.3) is 0 Å². The van der Waals surface area contributed by atoms with E-state index in [1.54, 1.807) is 19.1 Å². The highest BCUT2D eigenvalue weighted by Gasteiger charge is 2.29. The van der Waals surface area contributed by atoms with Crippen LogP contribution in [0, 0.1) is 0 Å². The van der Waals surface area contributed by atoms with Crippen LogP contribution in [0.3, 0.4) is 0 Å². The Balaban J connectivity index is 0.00000288. The number of hydrogen-bond acceptors (Lipinski definition) is 5. The lowest BCUT2D eigenvalue weighted by atomic mass is 10.2. The second-order valence-corrected chi connectivity index (χ2v) is 7.22. The summed E-state index contributed by atoms with van der Waals surface area (Å²) in [4.78, 5) is 11.5. The summed E-state index contributed by atoms with van der Waals surface area (Å²) >= 11 is 0. The second-order valence-electron chi connectivity index (χ2n) is 5.31. The number of benzene rings is 1. The highest BCUT2D eigenvalue weighted by molar-refractivity contribution is 7.89. The molecule has 0 aliphatic carbocycles. The van der Waals surface area contributed by atoms with Gasteiger partial charge in [-0.3, -0.25) is 4.79 Å². The van der Waals surface area contributed by atoms with E-state index >= 15 is 0 Å². The van der Waals surface area contributed by atoms with Crippen molar-refractivity contribution in [3.05, 3.63) is 18.2 Å². The van der Waals surface area contributed by atoms with Gasteiger partial charge in [-0.1, -0.05) is 6.42 Å². The molecule has 0 atom stereocenters. The quantitative estimate of drug-likeness (QED) is 0.783. The van der Waals surface area contributed by atoms with Crippen molar-refractivity contribution in [3.63, 3.8) is 0 Å². The molecule has 1 aliphatic heterocycles. The molecule has 1 heterocycles. The molecule has 0 bridgehead atoms. The Hall–Kier alpha value is -1.35. The fourth-order valence-corrected chi connectivity index (χ4v) is 4.19. The van der Waals surface area contributed by atoms with Gasteiger partial charge in [-0.25, -0.2) is 8.42 Å². The summed E-state index contributed by atoms with van der Waals surface area (Å²) in [5.41, 5.74) is 5.66. The number of sulfonamides is 1. The molecule has 0 spiro atoms. The van der Waals surface area contributed by atoms with Gasteiger partial charge in [0, 0.05) is 18.8 Å². The molecule has 2 rings (SSSR count). The predicted octanol–water partition coefficient (Wildman–Crippen LogP) is 1.58. The molecule has 0 unspecified atom stereocenters. The maximum Gasteiger partial charge on any atom is 0.246 e. The van der Waals surface area contributed by atoms with Crippen molar-refractivity contribution in [2.75, 3.05) is 31.6 Å². The third kappa shape index (κ3) is 4.83. The molecule has 1 saturated heterocycles. The number of nitrogens with one attached hydrogen (secondary N) is 1. The average Bonchev–Trinajstić information content (AvgIpc) is 2.57. The molecule has 1 amide bonds. The second kappa shape index (κ2) is 9.22. The van der Waals surface area contributed by atoms with E-state index < -0.39 is 10.0 Å². The van der Waals surface area contributed by atoms with Gasteiger partial charge in [-0.05, 0) is 38.0 Å². The van der Waals surface area contributed by atoms with E-state index in [0.29, 0.717) is 31.1 Å². The Morgan fingerprint density at radius 1 is 1.29 bits per heavy atom. The van der Waals surface area contributed by atoms with E-state index in [4.69, 9.17) is 10.5 Å². The lowest BCUT2D eigenvalue weighted by molar-refractivity contribution is -0.114. The SMILES string of the molecule is CCOc1ccc(NC(=O)CN)cc1S(=O)(=O)N1CCCCC1.Cl. The maximum atomic E-state index is 12.9. The van der Waals surface area contributed by atoms with Gasteiger partial charge in [0.15, 0.2) is 0 Å². The zero-order valence-electron chi connectivity index (χ0n) is 13.7. The van der Waals surface area contributed by atoms with Gasteiger partial charge in [0.05, 0.1) is 13.2 Å². The van der Waals surface area contributed by atoms with Crippen molar-refractivity contribution >= 4 is 34.0 Å². The van der Waals surface area contributed by atoms with Gasteiger partial charge in [0.1, 0.15) is 10.6 Å². The van der Waals surface area contributed by atoms with E-state index in [2.05, 4.69) is 5.32 Å². The normalized spacial score (nSPS) is 15.4. The van der Waals surface area contributed by atoms with Crippen molar-refractivity contribution in [2.45, 2.75) is 31.1 Å². The number of piperidine rings is 1. The Bertz CT molecular complexity index is 661. The highest BCUT2D eigenvalue weighted by Crippen LogP contribution is 2.31. The van der Waals surface area contributed by atoms with Gasteiger partial charge < -0.3 is 15.8 Å². The number of carbonyl (C=O) groups excluding carboxylic acids is 1. The lowest BCUT2D eigenvalue weighted by Gasteiger charge is -2.27. The summed E-state index contributed by atoms with van der Waals surface area (Å²) in [5.74, 6) is -0.0840. The molecule has 24 heavy (non-hydrogen) atoms. The molecule has 136 valence electrons. The molecule has 7 nitrogen and oxygen atoms in total. The Labute approximate surface area is 149 Å². The van der Waals surface area contributed by atoms with E-state index in [1.165, 1.54) is 10.4 Å². The summed E-state index contributed by atoms with van der Waals surface area (Å²) in [6.45, 7) is 3.00. The summed E-state index contributed by atoms with van der Waals surface area (Å²) < 4.78 is 32.7. The molecule has 1 fully saturated rings. The predicted molar refractivity (Wildman–Crippen MR) is 95.2 cm³/mol.